The fourth-order valence-electron chi connectivity index (χ4n) is 7.07. The van der Waals surface area contributed by atoms with Crippen LogP contribution in [0.25, 0.3) is 0 Å². The predicted octanol–water partition coefficient (Wildman–Crippen LogP) is 17.8. The molecule has 0 heterocycles. The summed E-state index contributed by atoms with van der Waals surface area (Å²) in [6, 6.07) is 1.34. The molecule has 0 aromatic carbocycles. The lowest BCUT2D eigenvalue weighted by molar-refractivity contribution is 0.0442. The van der Waals surface area contributed by atoms with Crippen LogP contribution in [-0.2, 0) is 4.74 Å². The van der Waals surface area contributed by atoms with Crippen LogP contribution in [-0.4, -0.2) is 176 Å². The molecule has 0 amide bonds. The Morgan fingerprint density at radius 1 is 0.455 bits per heavy atom. The van der Waals surface area contributed by atoms with Gasteiger partial charge in [-0.3, -0.25) is 0 Å². The van der Waals surface area contributed by atoms with Crippen molar-refractivity contribution < 1.29 is 4.74 Å². The second-order valence-electron chi connectivity index (χ2n) is 29.0. The van der Waals surface area contributed by atoms with Crippen molar-refractivity contribution in [2.75, 3.05) is 123 Å². The molecule has 0 fully saturated rings. The molecule has 0 saturated heterocycles. The fourth-order valence-corrected chi connectivity index (χ4v) is 7.07. The van der Waals surface area contributed by atoms with Crippen LogP contribution in [0.1, 0.15) is 240 Å². The zero-order valence-electron chi connectivity index (χ0n) is 61.9. The first-order chi connectivity index (χ1) is 34.8. The molecule has 77 heavy (non-hydrogen) atoms. The van der Waals surface area contributed by atoms with E-state index in [1.807, 2.05) is 0 Å². The highest BCUT2D eigenvalue weighted by molar-refractivity contribution is 4.84. The van der Waals surface area contributed by atoms with Crippen LogP contribution in [0.5, 0.6) is 0 Å². The minimum Gasteiger partial charge on any atom is -0.380 e. The van der Waals surface area contributed by atoms with Crippen LogP contribution in [0.4, 0.5) is 0 Å². The lowest BCUT2D eigenvalue weighted by Crippen LogP contribution is -2.45. The van der Waals surface area contributed by atoms with Gasteiger partial charge in [0.2, 0.25) is 0 Å². The van der Waals surface area contributed by atoms with E-state index in [1.54, 1.807) is 7.11 Å². The highest BCUT2D eigenvalue weighted by atomic mass is 16.5. The fraction of sp³-hybridized carbons (Fsp3) is 1.00. The summed E-state index contributed by atoms with van der Waals surface area (Å²) in [7, 11) is 20.9. The van der Waals surface area contributed by atoms with E-state index < -0.39 is 0 Å². The van der Waals surface area contributed by atoms with E-state index >= 15 is 0 Å². The van der Waals surface area contributed by atoms with Crippen molar-refractivity contribution in [2.24, 2.45) is 70.5 Å². The maximum Gasteiger partial charge on any atom is 0.0720 e. The highest BCUT2D eigenvalue weighted by Crippen LogP contribution is 2.28. The zero-order chi connectivity index (χ0) is 63.2. The molecule has 8 heteroatoms. The van der Waals surface area contributed by atoms with Crippen molar-refractivity contribution in [3.05, 3.63) is 0 Å². The molecular formula is C69H161N7O. The first-order valence-electron chi connectivity index (χ1n) is 32.1. The number of hydrogen-bond donors (Lipinski definition) is 1. The van der Waals surface area contributed by atoms with Gasteiger partial charge in [0.05, 0.1) is 6.10 Å². The van der Waals surface area contributed by atoms with E-state index in [9.17, 15) is 0 Å². The smallest absolute Gasteiger partial charge is 0.0720 e. The number of rotatable bonds is 29. The number of likely N-dealkylation sites (N-methyl/N-ethyl adjacent to an activating group) is 1. The van der Waals surface area contributed by atoms with Gasteiger partial charge in [-0.1, -0.05) is 193 Å². The Labute approximate surface area is 494 Å². The maximum absolute atomic E-state index is 5.28. The molecule has 0 aliphatic rings. The number of nitrogens with one attached hydrogen (secondary N) is 1. The first-order valence-corrected chi connectivity index (χ1v) is 32.1. The van der Waals surface area contributed by atoms with E-state index in [4.69, 9.17) is 4.74 Å². The third kappa shape index (κ3) is 71.7. The standard InChI is InChI=1S/C10H23N.3C9H21N.C8H19NO.2C8H19N.C8H18/c1-8(2)9(3)10(4,5)11(6)7;1-8(2)9(3,4)7-10(5)6;1-8(2)6-7-10(5)9(3)4;1-5-10(6-2)8-7-9(3)4;1-7(2)8(10-5)6-9(3)4;1-7(2)8(3)6-9(4)5;1-7(2)5-6-9-8(3)4;1-5-6-8(4)7(2)3/h8-9H,1-7H3;8H,7H2,1-6H3;8-9H,6-7H2,1-5H3;9H,5-8H2,1-4H3;7-8H,6H2,1-5H3;7-8H,6H2,1-5H3;7-9H,5-6H2,1-4H3;7-8H,5-6H2,1-4H3. The van der Waals surface area contributed by atoms with Gasteiger partial charge in [-0.2, -0.15) is 0 Å². The molecule has 0 spiro atoms. The van der Waals surface area contributed by atoms with Gasteiger partial charge >= 0.3 is 0 Å². The van der Waals surface area contributed by atoms with Crippen LogP contribution in [0.15, 0.2) is 0 Å². The number of nitrogens with zero attached hydrogens (tertiary/aromatic N) is 6. The summed E-state index contributed by atoms with van der Waals surface area (Å²) in [5, 5.41) is 3.38. The SMILES string of the molecule is CC(C)C(C)(C)CN(C)C.CC(C)C(C)C(C)(C)N(C)C.CC(C)C(C)CN(C)C.CC(C)CCN(C)C(C)C.CC(C)CCNC(C)C.CCCC(C)C(C)C.CCN(CC)CCC(C)C.COC(CN(C)C)C(C)C. The van der Waals surface area contributed by atoms with Crippen LogP contribution >= 0.6 is 0 Å². The number of methoxy groups -OCH3 is 1. The Hall–Kier alpha value is -0.320. The quantitative estimate of drug-likeness (QED) is 0.0795. The van der Waals surface area contributed by atoms with E-state index in [1.165, 1.54) is 71.4 Å². The second-order valence-corrected chi connectivity index (χ2v) is 29.0. The van der Waals surface area contributed by atoms with E-state index in [-0.39, 0.29) is 0 Å². The third-order valence-electron chi connectivity index (χ3n) is 16.0. The molecule has 0 saturated carbocycles. The van der Waals surface area contributed by atoms with Gasteiger partial charge < -0.3 is 39.5 Å². The zero-order valence-corrected chi connectivity index (χ0v) is 61.9. The Morgan fingerprint density at radius 3 is 1.04 bits per heavy atom. The molecule has 0 aliphatic heterocycles. The molecular weight excluding hydrogens is 943 g/mol. The van der Waals surface area contributed by atoms with Gasteiger partial charge in [0.15, 0.2) is 0 Å². The van der Waals surface area contributed by atoms with Gasteiger partial charge in [0.25, 0.3) is 0 Å². The number of ether oxygens (including phenoxy) is 1. The average Bonchev–Trinajstić information content (AvgIpc) is 3.27. The van der Waals surface area contributed by atoms with Crippen LogP contribution in [0.3, 0.4) is 0 Å². The lowest BCUT2D eigenvalue weighted by Gasteiger charge is -2.40. The van der Waals surface area contributed by atoms with Gasteiger partial charge in [-0.05, 0) is 214 Å². The lowest BCUT2D eigenvalue weighted by atomic mass is 9.80. The van der Waals surface area contributed by atoms with Crippen molar-refractivity contribution in [2.45, 2.75) is 264 Å². The normalized spacial score (nSPS) is 13.6. The molecule has 0 aliphatic carbocycles. The van der Waals surface area contributed by atoms with Gasteiger partial charge in [0.1, 0.15) is 0 Å². The van der Waals surface area contributed by atoms with Crippen molar-refractivity contribution in [1.29, 1.82) is 0 Å². The molecule has 1 N–H and O–H groups in total. The van der Waals surface area contributed by atoms with Gasteiger partial charge in [-0.15, -0.1) is 0 Å². The highest BCUT2D eigenvalue weighted by Gasteiger charge is 2.29. The summed E-state index contributed by atoms with van der Waals surface area (Å²) in [6.45, 7) is 77.4. The van der Waals surface area contributed by atoms with Crippen LogP contribution in [0, 0.1) is 70.5 Å². The molecule has 4 atom stereocenters. The minimum absolute atomic E-state index is 0.314. The molecule has 478 valence electrons. The second kappa shape index (κ2) is 56.2. The summed E-state index contributed by atoms with van der Waals surface area (Å²) in [5.41, 5.74) is 0.762. The summed E-state index contributed by atoms with van der Waals surface area (Å²) < 4.78 is 5.28. The van der Waals surface area contributed by atoms with Crippen molar-refractivity contribution >= 4 is 0 Å². The van der Waals surface area contributed by atoms with E-state index in [0.717, 1.165) is 72.3 Å². The third-order valence-corrected chi connectivity index (χ3v) is 16.0. The molecule has 0 radical (unpaired) electrons. The minimum atomic E-state index is 0.314. The molecule has 0 aromatic rings. The van der Waals surface area contributed by atoms with Gasteiger partial charge in [0, 0.05) is 44.4 Å². The largest absolute Gasteiger partial charge is 0.380 e. The Bertz CT molecular complexity index is 1100. The topological polar surface area (TPSA) is 40.7 Å². The van der Waals surface area contributed by atoms with Crippen molar-refractivity contribution in [3.63, 3.8) is 0 Å². The summed E-state index contributed by atoms with van der Waals surface area (Å²) >= 11 is 0. The first kappa shape index (κ1) is 93.1. The molecule has 0 rings (SSSR count). The van der Waals surface area contributed by atoms with Gasteiger partial charge in [-0.25, -0.2) is 0 Å². The summed E-state index contributed by atoms with van der Waals surface area (Å²) in [4.78, 5) is 13.8. The Kier molecular flexibility index (Phi) is 67.9. The van der Waals surface area contributed by atoms with E-state index in [2.05, 4.69) is 306 Å². The van der Waals surface area contributed by atoms with Crippen molar-refractivity contribution in [3.8, 4) is 0 Å². The van der Waals surface area contributed by atoms with E-state index in [0.29, 0.717) is 35.1 Å². The summed E-state index contributed by atoms with van der Waals surface area (Å²) in [5.74, 6) is 8.78. The Balaban J connectivity index is -0.000000118. The van der Waals surface area contributed by atoms with Crippen LogP contribution < -0.4 is 5.32 Å². The molecule has 8 nitrogen and oxygen atoms in total. The number of hydrogen-bond acceptors (Lipinski definition) is 8. The predicted molar refractivity (Wildman–Crippen MR) is 362 cm³/mol. The van der Waals surface area contributed by atoms with Crippen molar-refractivity contribution in [1.82, 2.24) is 34.7 Å². The maximum atomic E-state index is 5.28. The monoisotopic (exact) mass is 1100 g/mol. The molecule has 0 aromatic heterocycles. The molecule has 0 bridgehead atoms. The average molecular weight is 1110 g/mol. The van der Waals surface area contributed by atoms with Crippen LogP contribution in [0.2, 0.25) is 0 Å². The Morgan fingerprint density at radius 2 is 0.857 bits per heavy atom. The molecule has 4 unspecified atom stereocenters. The summed E-state index contributed by atoms with van der Waals surface area (Å²) in [6.07, 6.45) is 7.03.